The van der Waals surface area contributed by atoms with Crippen molar-refractivity contribution in [3.63, 3.8) is 0 Å². The minimum Gasteiger partial charge on any atom is -0.493 e. The molecular formula is C28H35FN4O5. The summed E-state index contributed by atoms with van der Waals surface area (Å²) < 4.78 is 32.6. The topological polar surface area (TPSA) is 89.3 Å². The molecule has 38 heavy (non-hydrogen) atoms. The van der Waals surface area contributed by atoms with E-state index < -0.39 is 5.60 Å². The number of methoxy groups -OCH3 is 1. The number of aryl methyl sites for hydroxylation is 1. The van der Waals surface area contributed by atoms with Crippen LogP contribution in [0.25, 0.3) is 0 Å². The van der Waals surface area contributed by atoms with Crippen molar-refractivity contribution in [2.75, 3.05) is 46.5 Å². The van der Waals surface area contributed by atoms with E-state index in [-0.39, 0.29) is 24.9 Å². The third kappa shape index (κ3) is 7.23. The molecular weight excluding hydrogens is 491 g/mol. The Morgan fingerprint density at radius 2 is 1.89 bits per heavy atom. The van der Waals surface area contributed by atoms with Crippen LogP contribution in [0.5, 0.6) is 17.2 Å². The molecule has 4 rings (SSSR count). The van der Waals surface area contributed by atoms with Crippen LogP contribution in [0.4, 0.5) is 4.39 Å². The predicted octanol–water partition coefficient (Wildman–Crippen LogP) is 2.89. The summed E-state index contributed by atoms with van der Waals surface area (Å²) in [5.74, 6) is 2.18. The Balaban J connectivity index is 1.44. The van der Waals surface area contributed by atoms with Crippen LogP contribution < -0.4 is 14.2 Å². The normalized spacial score (nSPS) is 18.2. The number of nitrogens with zero attached hydrogens (tertiary/aromatic N) is 4. The van der Waals surface area contributed by atoms with Gasteiger partial charge in [0.1, 0.15) is 36.2 Å². The van der Waals surface area contributed by atoms with E-state index in [1.165, 1.54) is 31.2 Å². The van der Waals surface area contributed by atoms with Crippen LogP contribution in [0.1, 0.15) is 18.3 Å². The van der Waals surface area contributed by atoms with Crippen LogP contribution in [0, 0.1) is 12.7 Å². The van der Waals surface area contributed by atoms with Crippen molar-refractivity contribution in [2.45, 2.75) is 32.5 Å². The number of ether oxygens (including phenoxy) is 3. The summed E-state index contributed by atoms with van der Waals surface area (Å²) in [6.45, 7) is 6.55. The van der Waals surface area contributed by atoms with E-state index in [2.05, 4.69) is 9.88 Å². The zero-order valence-electron chi connectivity index (χ0n) is 22.1. The number of halogens is 1. The number of hydrogen-bond donors (Lipinski definition) is 1. The monoisotopic (exact) mass is 526 g/mol. The Labute approximate surface area is 222 Å². The minimum absolute atomic E-state index is 0.0381. The number of rotatable bonds is 10. The molecule has 1 fully saturated rings. The fourth-order valence-electron chi connectivity index (χ4n) is 4.57. The van der Waals surface area contributed by atoms with Crippen LogP contribution in [0.15, 0.2) is 54.9 Å². The predicted molar refractivity (Wildman–Crippen MR) is 140 cm³/mol. The number of β-amino-alcohol motifs (C(OH)–C–C–N with tert-alkyl or cyclic N) is 1. The van der Waals surface area contributed by atoms with Crippen LogP contribution in [-0.2, 0) is 17.9 Å². The number of hydrogen-bond acceptors (Lipinski definition) is 7. The van der Waals surface area contributed by atoms with E-state index in [9.17, 15) is 14.3 Å². The van der Waals surface area contributed by atoms with Gasteiger partial charge in [-0.1, -0.05) is 6.07 Å². The standard InChI is InChI=1S/C28H35FN4O5/c1-21-30-10-11-32(21)14-15-37-27-16-23(4-9-26(27)36-3)17-31-12-13-33(22(2)34)19-28(35,18-31)20-38-25-7-5-24(29)6-8-25/h4-11,16,35H,12-15,17-20H2,1-3H3/t28-/m0/s1. The molecule has 0 spiro atoms. The van der Waals surface area contributed by atoms with Crippen molar-refractivity contribution in [2.24, 2.45) is 0 Å². The molecule has 0 bridgehead atoms. The van der Waals surface area contributed by atoms with Gasteiger partial charge in [-0.25, -0.2) is 9.37 Å². The summed E-state index contributed by atoms with van der Waals surface area (Å²) in [4.78, 5) is 20.2. The molecule has 2 aromatic carbocycles. The average Bonchev–Trinajstić information content (AvgIpc) is 3.22. The maximum absolute atomic E-state index is 13.3. The second-order valence-electron chi connectivity index (χ2n) is 9.62. The van der Waals surface area contributed by atoms with Gasteiger partial charge in [0, 0.05) is 45.5 Å². The maximum atomic E-state index is 13.3. The third-order valence-corrected chi connectivity index (χ3v) is 6.60. The molecule has 1 N–H and O–H groups in total. The zero-order chi connectivity index (χ0) is 27.1. The lowest BCUT2D eigenvalue weighted by molar-refractivity contribution is -0.132. The van der Waals surface area contributed by atoms with E-state index >= 15 is 0 Å². The van der Waals surface area contributed by atoms with Crippen molar-refractivity contribution in [3.8, 4) is 17.2 Å². The van der Waals surface area contributed by atoms with Crippen molar-refractivity contribution in [1.29, 1.82) is 0 Å². The Hall–Kier alpha value is -3.63. The number of aromatic nitrogens is 2. The zero-order valence-corrected chi connectivity index (χ0v) is 22.1. The summed E-state index contributed by atoms with van der Waals surface area (Å²) in [7, 11) is 1.61. The molecule has 1 aromatic heterocycles. The second kappa shape index (κ2) is 12.3. The summed E-state index contributed by atoms with van der Waals surface area (Å²) >= 11 is 0. The third-order valence-electron chi connectivity index (χ3n) is 6.60. The minimum atomic E-state index is -1.31. The number of aliphatic hydroxyl groups is 1. The van der Waals surface area contributed by atoms with Crippen molar-refractivity contribution < 1.29 is 28.5 Å². The quantitative estimate of drug-likeness (QED) is 0.435. The summed E-state index contributed by atoms with van der Waals surface area (Å²) in [5, 5.41) is 11.5. The molecule has 10 heteroatoms. The lowest BCUT2D eigenvalue weighted by Gasteiger charge is -2.32. The SMILES string of the molecule is COc1ccc(CN2CCN(C(C)=O)C[C@](O)(COc3ccc(F)cc3)C2)cc1OCCn1ccnc1C. The van der Waals surface area contributed by atoms with Gasteiger partial charge in [0.15, 0.2) is 11.5 Å². The van der Waals surface area contributed by atoms with Gasteiger partial charge in [0.25, 0.3) is 0 Å². The van der Waals surface area contributed by atoms with Crippen molar-refractivity contribution >= 4 is 5.91 Å². The van der Waals surface area contributed by atoms with E-state index in [0.717, 1.165) is 11.4 Å². The molecule has 0 aliphatic carbocycles. The number of carbonyl (C=O) groups is 1. The molecule has 2 heterocycles. The van der Waals surface area contributed by atoms with E-state index in [1.807, 2.05) is 35.9 Å². The molecule has 1 atom stereocenters. The fourth-order valence-corrected chi connectivity index (χ4v) is 4.57. The highest BCUT2D eigenvalue weighted by Crippen LogP contribution is 2.29. The number of amides is 1. The Morgan fingerprint density at radius 1 is 1.11 bits per heavy atom. The maximum Gasteiger partial charge on any atom is 0.219 e. The van der Waals surface area contributed by atoms with Gasteiger partial charge < -0.3 is 28.8 Å². The van der Waals surface area contributed by atoms with E-state index in [1.54, 1.807) is 18.2 Å². The Kier molecular flexibility index (Phi) is 8.85. The lowest BCUT2D eigenvalue weighted by Crippen LogP contribution is -2.51. The van der Waals surface area contributed by atoms with Gasteiger partial charge in [-0.15, -0.1) is 0 Å². The summed E-state index contributed by atoms with van der Waals surface area (Å²) in [6, 6.07) is 11.4. The molecule has 0 unspecified atom stereocenters. The average molecular weight is 527 g/mol. The van der Waals surface area contributed by atoms with E-state index in [4.69, 9.17) is 14.2 Å². The second-order valence-corrected chi connectivity index (χ2v) is 9.62. The molecule has 1 aliphatic heterocycles. The molecule has 1 aliphatic rings. The largest absolute Gasteiger partial charge is 0.493 e. The van der Waals surface area contributed by atoms with Gasteiger partial charge in [-0.3, -0.25) is 9.69 Å². The smallest absolute Gasteiger partial charge is 0.219 e. The molecule has 1 amide bonds. The Bertz CT molecular complexity index is 1220. The highest BCUT2D eigenvalue weighted by atomic mass is 19.1. The number of benzene rings is 2. The molecule has 3 aromatic rings. The summed E-state index contributed by atoms with van der Waals surface area (Å²) in [5.41, 5.74) is -0.330. The molecule has 0 radical (unpaired) electrons. The summed E-state index contributed by atoms with van der Waals surface area (Å²) in [6.07, 6.45) is 3.67. The number of carbonyl (C=O) groups excluding carboxylic acids is 1. The fraction of sp³-hybridized carbons (Fsp3) is 0.429. The van der Waals surface area contributed by atoms with Gasteiger partial charge in [-0.05, 0) is 48.9 Å². The molecule has 9 nitrogen and oxygen atoms in total. The first-order valence-corrected chi connectivity index (χ1v) is 12.6. The van der Waals surface area contributed by atoms with Gasteiger partial charge in [-0.2, -0.15) is 0 Å². The van der Waals surface area contributed by atoms with Crippen LogP contribution in [-0.4, -0.2) is 82.5 Å². The first kappa shape index (κ1) is 27.4. The molecule has 1 saturated heterocycles. The first-order valence-electron chi connectivity index (χ1n) is 12.6. The van der Waals surface area contributed by atoms with Gasteiger partial charge in [0.2, 0.25) is 5.91 Å². The molecule has 0 saturated carbocycles. The van der Waals surface area contributed by atoms with Crippen molar-refractivity contribution in [1.82, 2.24) is 19.4 Å². The Morgan fingerprint density at radius 3 is 2.58 bits per heavy atom. The van der Waals surface area contributed by atoms with Crippen LogP contribution >= 0.6 is 0 Å². The first-order chi connectivity index (χ1) is 18.2. The van der Waals surface area contributed by atoms with Crippen LogP contribution in [0.3, 0.4) is 0 Å². The van der Waals surface area contributed by atoms with Crippen molar-refractivity contribution in [3.05, 3.63) is 72.1 Å². The highest BCUT2D eigenvalue weighted by molar-refractivity contribution is 5.73. The lowest BCUT2D eigenvalue weighted by atomic mass is 10.0. The van der Waals surface area contributed by atoms with E-state index in [0.29, 0.717) is 56.6 Å². The number of imidazole rings is 1. The van der Waals surface area contributed by atoms with Gasteiger partial charge in [0.05, 0.1) is 20.2 Å². The molecule has 204 valence electrons. The van der Waals surface area contributed by atoms with Crippen LogP contribution in [0.2, 0.25) is 0 Å². The highest BCUT2D eigenvalue weighted by Gasteiger charge is 2.37. The van der Waals surface area contributed by atoms with Gasteiger partial charge >= 0.3 is 0 Å².